The second-order valence-electron chi connectivity index (χ2n) is 6.71. The van der Waals surface area contributed by atoms with Gasteiger partial charge in [0.25, 0.3) is 0 Å². The van der Waals surface area contributed by atoms with E-state index in [-0.39, 0.29) is 5.91 Å². The average molecular weight is 387 g/mol. The smallest absolute Gasteiger partial charge is 0.244 e. The van der Waals surface area contributed by atoms with Gasteiger partial charge in [-0.25, -0.2) is 0 Å². The summed E-state index contributed by atoms with van der Waals surface area (Å²) in [5.41, 5.74) is 3.10. The molecule has 5 heteroatoms. The molecular weight excluding hydrogens is 360 g/mol. The Kier molecular flexibility index (Phi) is 7.89. The first-order valence-electron chi connectivity index (χ1n) is 8.97. The summed E-state index contributed by atoms with van der Waals surface area (Å²) >= 11 is 6.02. The van der Waals surface area contributed by atoms with Crippen molar-refractivity contribution in [1.29, 1.82) is 0 Å². The summed E-state index contributed by atoms with van der Waals surface area (Å²) in [5.74, 6) is 0.509. The molecule has 0 fully saturated rings. The Balaban J connectivity index is 2.01. The van der Waals surface area contributed by atoms with E-state index >= 15 is 0 Å². The third kappa shape index (κ3) is 6.42. The zero-order chi connectivity index (χ0) is 19.8. The molecular formula is C22H27ClN2O2. The van der Waals surface area contributed by atoms with Gasteiger partial charge in [0.1, 0.15) is 5.75 Å². The van der Waals surface area contributed by atoms with Crippen molar-refractivity contribution in [3.63, 3.8) is 0 Å². The van der Waals surface area contributed by atoms with E-state index in [0.29, 0.717) is 23.4 Å². The number of methoxy groups -OCH3 is 1. The molecule has 0 heterocycles. The highest BCUT2D eigenvalue weighted by Gasteiger charge is 2.08. The summed E-state index contributed by atoms with van der Waals surface area (Å²) in [4.78, 5) is 14.5. The van der Waals surface area contributed by atoms with Crippen molar-refractivity contribution >= 4 is 23.6 Å². The van der Waals surface area contributed by atoms with Gasteiger partial charge in [0.05, 0.1) is 7.11 Å². The highest BCUT2D eigenvalue weighted by Crippen LogP contribution is 2.23. The topological polar surface area (TPSA) is 41.6 Å². The molecule has 27 heavy (non-hydrogen) atoms. The molecule has 0 atom stereocenters. The van der Waals surface area contributed by atoms with Crippen LogP contribution in [0.1, 0.15) is 30.5 Å². The van der Waals surface area contributed by atoms with Crippen molar-refractivity contribution in [3.8, 4) is 5.75 Å². The fraction of sp³-hybridized carbons (Fsp3) is 0.318. The molecule has 0 aliphatic carbocycles. The first-order chi connectivity index (χ1) is 12.9. The van der Waals surface area contributed by atoms with Crippen molar-refractivity contribution in [2.24, 2.45) is 0 Å². The summed E-state index contributed by atoms with van der Waals surface area (Å²) in [5, 5.41) is 3.54. The van der Waals surface area contributed by atoms with Crippen LogP contribution in [0.4, 0.5) is 0 Å². The van der Waals surface area contributed by atoms with Crippen LogP contribution in [0.5, 0.6) is 5.75 Å². The van der Waals surface area contributed by atoms with Crippen LogP contribution in [0.3, 0.4) is 0 Å². The molecule has 1 amide bonds. The molecule has 0 aliphatic rings. The van der Waals surface area contributed by atoms with Crippen molar-refractivity contribution in [1.82, 2.24) is 10.2 Å². The van der Waals surface area contributed by atoms with Crippen LogP contribution in [0.15, 0.2) is 48.5 Å². The number of halogens is 1. The molecule has 1 N–H and O–H groups in total. The van der Waals surface area contributed by atoms with Gasteiger partial charge in [0, 0.05) is 35.8 Å². The van der Waals surface area contributed by atoms with Crippen LogP contribution < -0.4 is 10.1 Å². The Morgan fingerprint density at radius 2 is 1.93 bits per heavy atom. The Labute approximate surface area is 166 Å². The van der Waals surface area contributed by atoms with E-state index in [9.17, 15) is 4.79 Å². The molecule has 0 saturated heterocycles. The fourth-order valence-electron chi connectivity index (χ4n) is 2.58. The summed E-state index contributed by atoms with van der Waals surface area (Å²) in [6.45, 7) is 5.66. The molecule has 0 aliphatic heterocycles. The van der Waals surface area contributed by atoms with Crippen LogP contribution in [0, 0.1) is 0 Å². The van der Waals surface area contributed by atoms with Crippen LogP contribution in [0.25, 0.3) is 6.08 Å². The van der Waals surface area contributed by atoms with Gasteiger partial charge in [-0.2, -0.15) is 0 Å². The first-order valence-corrected chi connectivity index (χ1v) is 9.35. The van der Waals surface area contributed by atoms with Gasteiger partial charge in [-0.05, 0) is 56.3 Å². The van der Waals surface area contributed by atoms with E-state index in [1.165, 1.54) is 11.6 Å². The Hall–Kier alpha value is -2.30. The lowest BCUT2D eigenvalue weighted by atomic mass is 10.1. The monoisotopic (exact) mass is 386 g/mol. The highest BCUT2D eigenvalue weighted by atomic mass is 35.5. The molecule has 144 valence electrons. The second kappa shape index (κ2) is 10.1. The maximum atomic E-state index is 12.2. The van der Waals surface area contributed by atoms with E-state index in [4.69, 9.17) is 16.3 Å². The number of rotatable bonds is 8. The maximum absolute atomic E-state index is 12.2. The first kappa shape index (κ1) is 21.0. The number of hydrogen-bond donors (Lipinski definition) is 1. The summed E-state index contributed by atoms with van der Waals surface area (Å²) < 4.78 is 5.29. The second-order valence-corrected chi connectivity index (χ2v) is 7.15. The Morgan fingerprint density at radius 3 is 2.59 bits per heavy atom. The molecule has 0 spiro atoms. The quantitative estimate of drug-likeness (QED) is 0.678. The van der Waals surface area contributed by atoms with Gasteiger partial charge in [-0.15, -0.1) is 0 Å². The number of nitrogens with zero attached hydrogens (tertiary/aromatic N) is 1. The summed E-state index contributed by atoms with van der Waals surface area (Å²) in [6.07, 6.45) is 3.20. The number of benzene rings is 2. The lowest BCUT2D eigenvalue weighted by Crippen LogP contribution is -2.27. The third-order valence-corrected chi connectivity index (χ3v) is 4.71. The van der Waals surface area contributed by atoms with Crippen molar-refractivity contribution in [2.45, 2.75) is 33.0 Å². The summed E-state index contributed by atoms with van der Waals surface area (Å²) in [7, 11) is 3.69. The lowest BCUT2D eigenvalue weighted by molar-refractivity contribution is -0.116. The standard InChI is InChI=1S/C22H27ClN2O2/c1-16(2)25(3)15-19-8-6-5-7-18(19)14-24-22(26)12-9-17-13-20(23)10-11-21(17)27-4/h5-13,16H,14-15H2,1-4H3,(H,24,26). The lowest BCUT2D eigenvalue weighted by Gasteiger charge is -2.22. The molecule has 2 aromatic carbocycles. The predicted molar refractivity (Wildman–Crippen MR) is 112 cm³/mol. The van der Waals surface area contributed by atoms with Crippen LogP contribution >= 0.6 is 11.6 Å². The molecule has 4 nitrogen and oxygen atoms in total. The average Bonchev–Trinajstić information content (AvgIpc) is 2.65. The molecule has 2 aromatic rings. The van der Waals surface area contributed by atoms with E-state index in [1.54, 1.807) is 31.4 Å². The van der Waals surface area contributed by atoms with Crippen LogP contribution in [0.2, 0.25) is 5.02 Å². The van der Waals surface area contributed by atoms with Gasteiger partial charge in [-0.3, -0.25) is 9.69 Å². The van der Waals surface area contributed by atoms with Crippen LogP contribution in [-0.2, 0) is 17.9 Å². The van der Waals surface area contributed by atoms with E-state index < -0.39 is 0 Å². The molecule has 0 aromatic heterocycles. The number of hydrogen-bond acceptors (Lipinski definition) is 3. The van der Waals surface area contributed by atoms with E-state index in [0.717, 1.165) is 17.7 Å². The largest absolute Gasteiger partial charge is 0.496 e. The van der Waals surface area contributed by atoms with Gasteiger partial charge < -0.3 is 10.1 Å². The summed E-state index contributed by atoms with van der Waals surface area (Å²) in [6, 6.07) is 13.9. The van der Waals surface area contributed by atoms with Gasteiger partial charge in [0.15, 0.2) is 0 Å². The number of carbonyl (C=O) groups excluding carboxylic acids is 1. The van der Waals surface area contributed by atoms with Gasteiger partial charge in [-0.1, -0.05) is 35.9 Å². The third-order valence-electron chi connectivity index (χ3n) is 4.48. The minimum Gasteiger partial charge on any atom is -0.496 e. The number of nitrogens with one attached hydrogen (secondary N) is 1. The van der Waals surface area contributed by atoms with Crippen molar-refractivity contribution in [2.75, 3.05) is 14.2 Å². The zero-order valence-corrected chi connectivity index (χ0v) is 17.1. The molecule has 0 unspecified atom stereocenters. The van der Waals surface area contributed by atoms with Crippen LogP contribution in [-0.4, -0.2) is 31.0 Å². The highest BCUT2D eigenvalue weighted by molar-refractivity contribution is 6.30. The SMILES string of the molecule is COc1ccc(Cl)cc1C=CC(=O)NCc1ccccc1CN(C)C(C)C. The minimum absolute atomic E-state index is 0.163. The Bertz CT molecular complexity index is 803. The van der Waals surface area contributed by atoms with E-state index in [2.05, 4.69) is 37.2 Å². The normalized spacial score (nSPS) is 11.4. The zero-order valence-electron chi connectivity index (χ0n) is 16.3. The van der Waals surface area contributed by atoms with Crippen molar-refractivity contribution in [3.05, 3.63) is 70.3 Å². The predicted octanol–water partition coefficient (Wildman–Crippen LogP) is 4.52. The van der Waals surface area contributed by atoms with E-state index in [1.807, 2.05) is 18.2 Å². The Morgan fingerprint density at radius 1 is 1.22 bits per heavy atom. The molecule has 2 rings (SSSR count). The number of carbonyl (C=O) groups is 1. The van der Waals surface area contributed by atoms with Gasteiger partial charge in [0.2, 0.25) is 5.91 Å². The maximum Gasteiger partial charge on any atom is 0.244 e. The molecule has 0 radical (unpaired) electrons. The van der Waals surface area contributed by atoms with Gasteiger partial charge >= 0.3 is 0 Å². The van der Waals surface area contributed by atoms with Crippen molar-refractivity contribution < 1.29 is 9.53 Å². The fourth-order valence-corrected chi connectivity index (χ4v) is 2.76. The number of amides is 1. The molecule has 0 bridgehead atoms. The molecule has 0 saturated carbocycles. The minimum atomic E-state index is -0.163. The number of ether oxygens (including phenoxy) is 1.